The number of benzene rings is 1. The minimum atomic E-state index is -0.546. The number of nitrogens with one attached hydrogen (secondary N) is 1. The lowest BCUT2D eigenvalue weighted by atomic mass is 10.1. The third kappa shape index (κ3) is 2.69. The molecule has 2 aliphatic heterocycles. The van der Waals surface area contributed by atoms with Gasteiger partial charge in [0.15, 0.2) is 0 Å². The number of imide groups is 1. The van der Waals surface area contributed by atoms with Gasteiger partial charge in [-0.2, -0.15) is 0 Å². The summed E-state index contributed by atoms with van der Waals surface area (Å²) in [6.07, 6.45) is 0.390. The van der Waals surface area contributed by atoms with Crippen LogP contribution in [0.1, 0.15) is 30.1 Å². The predicted octanol–water partition coefficient (Wildman–Crippen LogP) is 0.300. The average Bonchev–Trinajstić information content (AvgIpc) is 2.88. The summed E-state index contributed by atoms with van der Waals surface area (Å²) in [4.78, 5) is 50.6. The maximum Gasteiger partial charge on any atom is 0.254 e. The number of rotatable bonds is 2. The molecule has 0 aliphatic carbocycles. The molecule has 2 fully saturated rings. The largest absolute Gasteiger partial charge is 0.353 e. The Hall–Kier alpha value is -2.70. The van der Waals surface area contributed by atoms with E-state index < -0.39 is 6.04 Å². The fourth-order valence-corrected chi connectivity index (χ4v) is 2.87. The Morgan fingerprint density at radius 3 is 2.57 bits per heavy atom. The van der Waals surface area contributed by atoms with Crippen molar-refractivity contribution in [1.29, 1.82) is 0 Å². The van der Waals surface area contributed by atoms with Crippen LogP contribution in [0.4, 0.5) is 5.69 Å². The first-order chi connectivity index (χ1) is 11.0. The lowest BCUT2D eigenvalue weighted by Crippen LogP contribution is -2.55. The Morgan fingerprint density at radius 2 is 1.87 bits per heavy atom. The van der Waals surface area contributed by atoms with Crippen molar-refractivity contribution in [2.75, 3.05) is 18.0 Å². The van der Waals surface area contributed by atoms with Gasteiger partial charge in [0.1, 0.15) is 6.04 Å². The Labute approximate surface area is 133 Å². The van der Waals surface area contributed by atoms with Gasteiger partial charge in [0.05, 0.1) is 5.69 Å². The second-order valence-electron chi connectivity index (χ2n) is 5.64. The summed E-state index contributed by atoms with van der Waals surface area (Å²) in [5.74, 6) is -0.991. The quantitative estimate of drug-likeness (QED) is 0.795. The third-order valence-electron chi connectivity index (χ3n) is 4.16. The van der Waals surface area contributed by atoms with Gasteiger partial charge in [0.2, 0.25) is 17.7 Å². The van der Waals surface area contributed by atoms with E-state index in [-0.39, 0.29) is 36.5 Å². The summed E-state index contributed by atoms with van der Waals surface area (Å²) in [5.41, 5.74) is 0.758. The Bertz CT molecular complexity index is 684. The van der Waals surface area contributed by atoms with Crippen molar-refractivity contribution in [3.8, 4) is 0 Å². The van der Waals surface area contributed by atoms with E-state index in [1.165, 1.54) is 11.0 Å². The summed E-state index contributed by atoms with van der Waals surface area (Å²) in [6.45, 7) is 2.51. The van der Waals surface area contributed by atoms with Crippen LogP contribution in [-0.4, -0.2) is 47.7 Å². The van der Waals surface area contributed by atoms with E-state index in [0.717, 1.165) is 4.90 Å². The van der Waals surface area contributed by atoms with Crippen molar-refractivity contribution in [2.45, 2.75) is 25.8 Å². The van der Waals surface area contributed by atoms with E-state index in [1.54, 1.807) is 25.1 Å². The zero-order valence-electron chi connectivity index (χ0n) is 12.7. The van der Waals surface area contributed by atoms with Gasteiger partial charge >= 0.3 is 0 Å². The molecule has 4 amide bonds. The fourth-order valence-electron chi connectivity index (χ4n) is 2.87. The zero-order valence-corrected chi connectivity index (χ0v) is 12.7. The van der Waals surface area contributed by atoms with Crippen LogP contribution < -0.4 is 10.2 Å². The number of nitrogens with zero attached hydrogens (tertiary/aromatic N) is 2. The highest BCUT2D eigenvalue weighted by molar-refractivity contribution is 6.20. The van der Waals surface area contributed by atoms with Crippen molar-refractivity contribution in [3.05, 3.63) is 29.8 Å². The van der Waals surface area contributed by atoms with Gasteiger partial charge in [0.25, 0.3) is 5.91 Å². The molecular weight excluding hydrogens is 298 g/mol. The maximum absolute atomic E-state index is 12.6. The highest BCUT2D eigenvalue weighted by Gasteiger charge is 2.32. The molecule has 1 aromatic carbocycles. The third-order valence-corrected chi connectivity index (χ3v) is 4.16. The van der Waals surface area contributed by atoms with E-state index >= 15 is 0 Å². The summed E-state index contributed by atoms with van der Waals surface area (Å²) in [6, 6.07) is 5.87. The first kappa shape index (κ1) is 15.2. The van der Waals surface area contributed by atoms with Gasteiger partial charge < -0.3 is 10.2 Å². The highest BCUT2D eigenvalue weighted by atomic mass is 16.2. The van der Waals surface area contributed by atoms with Gasteiger partial charge in [-0.1, -0.05) is 6.07 Å². The molecule has 7 heteroatoms. The van der Waals surface area contributed by atoms with E-state index in [1.807, 2.05) is 0 Å². The first-order valence-electron chi connectivity index (χ1n) is 7.53. The normalized spacial score (nSPS) is 21.6. The van der Waals surface area contributed by atoms with Gasteiger partial charge in [-0.15, -0.1) is 0 Å². The summed E-state index contributed by atoms with van der Waals surface area (Å²) >= 11 is 0. The molecule has 2 aliphatic rings. The summed E-state index contributed by atoms with van der Waals surface area (Å²) < 4.78 is 0. The molecule has 0 spiro atoms. The molecule has 0 saturated carbocycles. The minimum absolute atomic E-state index is 0.189. The summed E-state index contributed by atoms with van der Waals surface area (Å²) in [5, 5.41) is 2.71. The van der Waals surface area contributed by atoms with E-state index in [4.69, 9.17) is 0 Å². The van der Waals surface area contributed by atoms with Crippen molar-refractivity contribution < 1.29 is 19.2 Å². The van der Waals surface area contributed by atoms with Crippen LogP contribution in [0.2, 0.25) is 0 Å². The van der Waals surface area contributed by atoms with Crippen LogP contribution in [0.25, 0.3) is 0 Å². The van der Waals surface area contributed by atoms with E-state index in [9.17, 15) is 19.2 Å². The second-order valence-corrected chi connectivity index (χ2v) is 5.64. The zero-order chi connectivity index (χ0) is 16.6. The molecule has 1 aromatic rings. The Balaban J connectivity index is 1.87. The number of carbonyl (C=O) groups is 4. The van der Waals surface area contributed by atoms with Crippen LogP contribution in [-0.2, 0) is 14.4 Å². The molecule has 0 radical (unpaired) electrons. The molecule has 120 valence electrons. The molecule has 1 N–H and O–H groups in total. The Morgan fingerprint density at radius 1 is 1.17 bits per heavy atom. The maximum atomic E-state index is 12.6. The van der Waals surface area contributed by atoms with Crippen LogP contribution in [0.3, 0.4) is 0 Å². The molecule has 23 heavy (non-hydrogen) atoms. The number of anilines is 1. The molecule has 1 atom stereocenters. The predicted molar refractivity (Wildman–Crippen MR) is 81.7 cm³/mol. The average molecular weight is 315 g/mol. The fraction of sp³-hybridized carbons (Fsp3) is 0.375. The molecular formula is C16H17N3O4. The van der Waals surface area contributed by atoms with Crippen molar-refractivity contribution >= 4 is 29.3 Å². The molecule has 3 rings (SSSR count). The highest BCUT2D eigenvalue weighted by Crippen LogP contribution is 2.24. The van der Waals surface area contributed by atoms with Crippen LogP contribution >= 0.6 is 0 Å². The minimum Gasteiger partial charge on any atom is -0.353 e. The number of hydrogen-bond acceptors (Lipinski definition) is 4. The monoisotopic (exact) mass is 315 g/mol. The standard InChI is InChI=1S/C16H17N3O4/c1-10-15(22)17-7-8-18(10)16(23)11-3-2-4-12(9-11)19-13(20)5-6-14(19)21/h2-4,9-10H,5-8H2,1H3,(H,17,22). The summed E-state index contributed by atoms with van der Waals surface area (Å²) in [7, 11) is 0. The van der Waals surface area contributed by atoms with Gasteiger partial charge in [-0.3, -0.25) is 24.1 Å². The second kappa shape index (κ2) is 5.83. The molecule has 2 heterocycles. The van der Waals surface area contributed by atoms with Crippen LogP contribution in [0.15, 0.2) is 24.3 Å². The number of hydrogen-bond donors (Lipinski definition) is 1. The first-order valence-corrected chi connectivity index (χ1v) is 7.53. The molecule has 0 aromatic heterocycles. The SMILES string of the molecule is CC1C(=O)NCCN1C(=O)c1cccc(N2C(=O)CCC2=O)c1. The van der Waals surface area contributed by atoms with Gasteiger partial charge in [0, 0.05) is 31.5 Å². The van der Waals surface area contributed by atoms with Crippen molar-refractivity contribution in [3.63, 3.8) is 0 Å². The van der Waals surface area contributed by atoms with Crippen molar-refractivity contribution in [1.82, 2.24) is 10.2 Å². The van der Waals surface area contributed by atoms with E-state index in [0.29, 0.717) is 24.3 Å². The van der Waals surface area contributed by atoms with E-state index in [2.05, 4.69) is 5.32 Å². The topological polar surface area (TPSA) is 86.8 Å². The number of amides is 4. The van der Waals surface area contributed by atoms with Gasteiger partial charge in [-0.05, 0) is 25.1 Å². The molecule has 7 nitrogen and oxygen atoms in total. The van der Waals surface area contributed by atoms with Crippen molar-refractivity contribution in [2.24, 2.45) is 0 Å². The molecule has 2 saturated heterocycles. The lowest BCUT2D eigenvalue weighted by molar-refractivity contribution is -0.127. The molecule has 0 bridgehead atoms. The van der Waals surface area contributed by atoms with Gasteiger partial charge in [-0.25, -0.2) is 0 Å². The smallest absolute Gasteiger partial charge is 0.254 e. The van der Waals surface area contributed by atoms with Crippen LogP contribution in [0.5, 0.6) is 0 Å². The van der Waals surface area contributed by atoms with Crippen LogP contribution in [0, 0.1) is 0 Å². The molecule has 1 unspecified atom stereocenters. The Kier molecular flexibility index (Phi) is 3.85. The number of carbonyl (C=O) groups excluding carboxylic acids is 4. The number of piperazine rings is 1. The lowest BCUT2D eigenvalue weighted by Gasteiger charge is -2.33.